The first-order chi connectivity index (χ1) is 8.58. The molecule has 1 amide bonds. The minimum atomic E-state index is -0.274. The molecular formula is C13H10BrClN2O. The van der Waals surface area contributed by atoms with Gasteiger partial charge in [-0.1, -0.05) is 33.6 Å². The van der Waals surface area contributed by atoms with E-state index in [1.165, 1.54) is 0 Å². The molecule has 1 heterocycles. The number of carbonyl (C=O) groups excluding carboxylic acids is 1. The summed E-state index contributed by atoms with van der Waals surface area (Å²) in [5.41, 5.74) is 2.17. The van der Waals surface area contributed by atoms with Crippen LogP contribution >= 0.6 is 27.5 Å². The number of anilines is 1. The molecule has 0 unspecified atom stereocenters. The molecule has 0 spiro atoms. The Morgan fingerprint density at radius 2 is 2.17 bits per heavy atom. The van der Waals surface area contributed by atoms with Crippen LogP contribution in [-0.2, 0) is 0 Å². The Morgan fingerprint density at radius 3 is 2.83 bits per heavy atom. The Morgan fingerprint density at radius 1 is 1.39 bits per heavy atom. The number of nitrogens with one attached hydrogen (secondary N) is 1. The van der Waals surface area contributed by atoms with Crippen molar-refractivity contribution < 1.29 is 4.79 Å². The molecule has 2 aromatic rings. The SMILES string of the molecule is Cc1ccc(NC(=O)c2cccnc2Cl)cc1Br. The van der Waals surface area contributed by atoms with Crippen molar-refractivity contribution in [1.29, 1.82) is 0 Å². The molecule has 5 heteroatoms. The lowest BCUT2D eigenvalue weighted by molar-refractivity contribution is 0.102. The van der Waals surface area contributed by atoms with Crippen LogP contribution in [0, 0.1) is 6.92 Å². The van der Waals surface area contributed by atoms with Crippen molar-refractivity contribution in [3.8, 4) is 0 Å². The largest absolute Gasteiger partial charge is 0.322 e. The van der Waals surface area contributed by atoms with E-state index in [1.807, 2.05) is 25.1 Å². The molecule has 0 saturated carbocycles. The Bertz CT molecular complexity index is 601. The molecule has 92 valence electrons. The minimum Gasteiger partial charge on any atom is -0.322 e. The lowest BCUT2D eigenvalue weighted by Crippen LogP contribution is -2.12. The summed E-state index contributed by atoms with van der Waals surface area (Å²) < 4.78 is 0.942. The highest BCUT2D eigenvalue weighted by Gasteiger charge is 2.11. The number of halogens is 2. The summed E-state index contributed by atoms with van der Waals surface area (Å²) in [6.07, 6.45) is 1.54. The van der Waals surface area contributed by atoms with Crippen molar-refractivity contribution in [3.63, 3.8) is 0 Å². The Hall–Kier alpha value is -1.39. The number of nitrogens with zero attached hydrogens (tertiary/aromatic N) is 1. The zero-order valence-electron chi connectivity index (χ0n) is 9.58. The number of aromatic nitrogens is 1. The average Bonchev–Trinajstić information content (AvgIpc) is 2.34. The van der Waals surface area contributed by atoms with Gasteiger partial charge in [-0.25, -0.2) is 4.98 Å². The van der Waals surface area contributed by atoms with Crippen molar-refractivity contribution in [2.24, 2.45) is 0 Å². The van der Waals surface area contributed by atoms with Gasteiger partial charge in [0.2, 0.25) is 0 Å². The van der Waals surface area contributed by atoms with Crippen molar-refractivity contribution in [1.82, 2.24) is 4.98 Å². The van der Waals surface area contributed by atoms with Crippen LogP contribution < -0.4 is 5.32 Å². The Kier molecular flexibility index (Phi) is 3.99. The average molecular weight is 326 g/mol. The van der Waals surface area contributed by atoms with E-state index in [0.717, 1.165) is 10.0 Å². The lowest BCUT2D eigenvalue weighted by atomic mass is 10.2. The first-order valence-corrected chi connectivity index (χ1v) is 6.43. The second-order valence-electron chi connectivity index (χ2n) is 3.76. The number of rotatable bonds is 2. The van der Waals surface area contributed by atoms with E-state index in [1.54, 1.807) is 18.3 Å². The number of aryl methyl sites for hydroxylation is 1. The van der Waals surface area contributed by atoms with Gasteiger partial charge in [-0.3, -0.25) is 4.79 Å². The molecule has 0 bridgehead atoms. The summed E-state index contributed by atoms with van der Waals surface area (Å²) in [4.78, 5) is 15.8. The maximum atomic E-state index is 12.0. The van der Waals surface area contributed by atoms with E-state index in [0.29, 0.717) is 11.3 Å². The van der Waals surface area contributed by atoms with Gasteiger partial charge in [0.25, 0.3) is 5.91 Å². The number of pyridine rings is 1. The zero-order chi connectivity index (χ0) is 13.1. The summed E-state index contributed by atoms with van der Waals surface area (Å²) in [6, 6.07) is 8.91. The standard InChI is InChI=1S/C13H10BrClN2O/c1-8-4-5-9(7-11(8)14)17-13(18)10-3-2-6-16-12(10)15/h2-7H,1H3,(H,17,18). The smallest absolute Gasteiger partial charge is 0.258 e. The van der Waals surface area contributed by atoms with Gasteiger partial charge in [0, 0.05) is 16.4 Å². The van der Waals surface area contributed by atoms with Crippen LogP contribution in [0.5, 0.6) is 0 Å². The minimum absolute atomic E-state index is 0.196. The van der Waals surface area contributed by atoms with Crippen LogP contribution in [0.3, 0.4) is 0 Å². The van der Waals surface area contributed by atoms with E-state index in [9.17, 15) is 4.79 Å². The van der Waals surface area contributed by atoms with Gasteiger partial charge in [0.1, 0.15) is 5.15 Å². The van der Waals surface area contributed by atoms with Crippen LogP contribution in [0.4, 0.5) is 5.69 Å². The summed E-state index contributed by atoms with van der Waals surface area (Å²) in [5.74, 6) is -0.274. The fourth-order valence-electron chi connectivity index (χ4n) is 1.42. The van der Waals surface area contributed by atoms with Crippen molar-refractivity contribution >= 4 is 39.1 Å². The highest BCUT2D eigenvalue weighted by atomic mass is 79.9. The van der Waals surface area contributed by atoms with Crippen molar-refractivity contribution in [3.05, 3.63) is 57.3 Å². The number of amides is 1. The van der Waals surface area contributed by atoms with E-state index in [2.05, 4.69) is 26.2 Å². The molecule has 0 atom stereocenters. The maximum absolute atomic E-state index is 12.0. The van der Waals surface area contributed by atoms with Gasteiger partial charge in [-0.2, -0.15) is 0 Å². The van der Waals surface area contributed by atoms with Crippen LogP contribution in [0.1, 0.15) is 15.9 Å². The Balaban J connectivity index is 2.22. The number of hydrogen-bond acceptors (Lipinski definition) is 2. The predicted molar refractivity (Wildman–Crippen MR) is 76.1 cm³/mol. The molecule has 0 aliphatic heterocycles. The van der Waals surface area contributed by atoms with E-state index >= 15 is 0 Å². The molecular weight excluding hydrogens is 316 g/mol. The third kappa shape index (κ3) is 2.89. The topological polar surface area (TPSA) is 42.0 Å². The van der Waals surface area contributed by atoms with Gasteiger partial charge >= 0.3 is 0 Å². The van der Waals surface area contributed by atoms with Crippen LogP contribution in [-0.4, -0.2) is 10.9 Å². The molecule has 0 aliphatic carbocycles. The summed E-state index contributed by atoms with van der Waals surface area (Å²) >= 11 is 9.28. The second kappa shape index (κ2) is 5.50. The first kappa shape index (κ1) is 13.1. The molecule has 18 heavy (non-hydrogen) atoms. The highest BCUT2D eigenvalue weighted by Crippen LogP contribution is 2.21. The Labute approximate surface area is 118 Å². The number of hydrogen-bond donors (Lipinski definition) is 1. The summed E-state index contributed by atoms with van der Waals surface area (Å²) in [6.45, 7) is 1.98. The molecule has 1 N–H and O–H groups in total. The lowest BCUT2D eigenvalue weighted by Gasteiger charge is -2.07. The molecule has 0 saturated heterocycles. The fraction of sp³-hybridized carbons (Fsp3) is 0.0769. The molecule has 2 rings (SSSR count). The molecule has 0 aliphatic rings. The highest BCUT2D eigenvalue weighted by molar-refractivity contribution is 9.10. The van der Waals surface area contributed by atoms with Gasteiger partial charge < -0.3 is 5.32 Å². The zero-order valence-corrected chi connectivity index (χ0v) is 11.9. The van der Waals surface area contributed by atoms with Crippen molar-refractivity contribution in [2.75, 3.05) is 5.32 Å². The monoisotopic (exact) mass is 324 g/mol. The van der Waals surface area contributed by atoms with E-state index in [4.69, 9.17) is 11.6 Å². The van der Waals surface area contributed by atoms with Crippen LogP contribution in [0.25, 0.3) is 0 Å². The van der Waals surface area contributed by atoms with Crippen LogP contribution in [0.15, 0.2) is 41.0 Å². The number of benzene rings is 1. The van der Waals surface area contributed by atoms with Crippen LogP contribution in [0.2, 0.25) is 5.15 Å². The third-order valence-corrected chi connectivity index (χ3v) is 3.59. The molecule has 1 aromatic heterocycles. The van der Waals surface area contributed by atoms with Gasteiger partial charge in [0.15, 0.2) is 0 Å². The first-order valence-electron chi connectivity index (χ1n) is 5.26. The van der Waals surface area contributed by atoms with Gasteiger partial charge in [0.05, 0.1) is 5.56 Å². The maximum Gasteiger partial charge on any atom is 0.258 e. The van der Waals surface area contributed by atoms with E-state index < -0.39 is 0 Å². The normalized spacial score (nSPS) is 10.2. The molecule has 0 radical (unpaired) electrons. The van der Waals surface area contributed by atoms with E-state index in [-0.39, 0.29) is 11.1 Å². The second-order valence-corrected chi connectivity index (χ2v) is 4.97. The molecule has 0 fully saturated rings. The third-order valence-electron chi connectivity index (χ3n) is 2.43. The number of carbonyl (C=O) groups is 1. The van der Waals surface area contributed by atoms with Crippen molar-refractivity contribution in [2.45, 2.75) is 6.92 Å². The quantitative estimate of drug-likeness (QED) is 0.846. The summed E-state index contributed by atoms with van der Waals surface area (Å²) in [5, 5.41) is 2.97. The van der Waals surface area contributed by atoms with Gasteiger partial charge in [-0.15, -0.1) is 0 Å². The molecule has 1 aromatic carbocycles. The summed E-state index contributed by atoms with van der Waals surface area (Å²) in [7, 11) is 0. The molecule has 3 nitrogen and oxygen atoms in total. The predicted octanol–water partition coefficient (Wildman–Crippen LogP) is 4.06. The van der Waals surface area contributed by atoms with Gasteiger partial charge in [-0.05, 0) is 36.8 Å². The fourth-order valence-corrected chi connectivity index (χ4v) is 2.01.